The summed E-state index contributed by atoms with van der Waals surface area (Å²) in [7, 11) is 1.65. The van der Waals surface area contributed by atoms with Crippen LogP contribution in [0.5, 0.6) is 0 Å². The van der Waals surface area contributed by atoms with Gasteiger partial charge in [0.25, 0.3) is 0 Å². The van der Waals surface area contributed by atoms with E-state index in [4.69, 9.17) is 10.2 Å². The summed E-state index contributed by atoms with van der Waals surface area (Å²) < 4.78 is 1.00. The van der Waals surface area contributed by atoms with E-state index in [9.17, 15) is 9.59 Å². The predicted molar refractivity (Wildman–Crippen MR) is 75.1 cm³/mol. The Kier molecular flexibility index (Phi) is 6.26. The van der Waals surface area contributed by atoms with Crippen molar-refractivity contribution in [2.45, 2.75) is 19.1 Å². The molecule has 0 radical (unpaired) electrons. The zero-order valence-electron chi connectivity index (χ0n) is 10.3. The van der Waals surface area contributed by atoms with Gasteiger partial charge in [-0.25, -0.2) is 9.59 Å². The summed E-state index contributed by atoms with van der Waals surface area (Å²) >= 11 is 4.89. The van der Waals surface area contributed by atoms with E-state index in [1.165, 1.54) is 4.90 Å². The van der Waals surface area contributed by atoms with Crippen LogP contribution < -0.4 is 5.32 Å². The first-order valence-corrected chi connectivity index (χ1v) is 7.20. The molecule has 0 aromatic carbocycles. The Morgan fingerprint density at radius 1 is 1.58 bits per heavy atom. The van der Waals surface area contributed by atoms with Crippen molar-refractivity contribution in [3.05, 3.63) is 20.8 Å². The van der Waals surface area contributed by atoms with Crippen LogP contribution in [-0.2, 0) is 11.3 Å². The third kappa shape index (κ3) is 5.58. The molecule has 1 rings (SSSR count). The van der Waals surface area contributed by atoms with Crippen molar-refractivity contribution >= 4 is 39.3 Å². The molecule has 0 saturated heterocycles. The first-order chi connectivity index (χ1) is 8.90. The maximum absolute atomic E-state index is 11.7. The Morgan fingerprint density at radius 3 is 2.79 bits per heavy atom. The number of carboxylic acids is 1. The highest BCUT2D eigenvalue weighted by molar-refractivity contribution is 9.11. The number of hydrogen-bond donors (Lipinski definition) is 3. The van der Waals surface area contributed by atoms with E-state index >= 15 is 0 Å². The Balaban J connectivity index is 2.31. The summed E-state index contributed by atoms with van der Waals surface area (Å²) in [6, 6.07) is 1.63. The van der Waals surface area contributed by atoms with Crippen molar-refractivity contribution in [1.82, 2.24) is 10.2 Å². The zero-order valence-corrected chi connectivity index (χ0v) is 12.7. The van der Waals surface area contributed by atoms with Gasteiger partial charge >= 0.3 is 12.0 Å². The lowest BCUT2D eigenvalue weighted by atomic mass is 10.2. The molecule has 0 spiro atoms. The number of carboxylic acid groups (broad SMARTS) is 1. The highest BCUT2D eigenvalue weighted by atomic mass is 79.9. The molecule has 6 nitrogen and oxygen atoms in total. The Morgan fingerprint density at radius 2 is 2.26 bits per heavy atom. The Labute approximate surface area is 123 Å². The van der Waals surface area contributed by atoms with E-state index in [-0.39, 0.29) is 19.0 Å². The fourth-order valence-electron chi connectivity index (χ4n) is 1.35. The summed E-state index contributed by atoms with van der Waals surface area (Å²) in [6.45, 7) is 0.583. The molecule has 8 heteroatoms. The highest BCUT2D eigenvalue weighted by Crippen LogP contribution is 2.21. The van der Waals surface area contributed by atoms with Gasteiger partial charge in [0.1, 0.15) is 0 Å². The number of nitrogens with one attached hydrogen (secondary N) is 1. The minimum absolute atomic E-state index is 0.0150. The van der Waals surface area contributed by atoms with Gasteiger partial charge in [-0.3, -0.25) is 0 Å². The molecule has 3 N–H and O–H groups in total. The van der Waals surface area contributed by atoms with Crippen molar-refractivity contribution in [2.75, 3.05) is 13.6 Å². The second kappa shape index (κ2) is 7.46. The van der Waals surface area contributed by atoms with E-state index in [1.807, 2.05) is 11.4 Å². The van der Waals surface area contributed by atoms with Gasteiger partial charge < -0.3 is 20.4 Å². The fourth-order valence-corrected chi connectivity index (χ4v) is 2.55. The number of carbonyl (C=O) groups excluding carboxylic acids is 1. The summed E-state index contributed by atoms with van der Waals surface area (Å²) in [4.78, 5) is 23.5. The number of halogens is 1. The van der Waals surface area contributed by atoms with Gasteiger partial charge in [-0.05, 0) is 32.9 Å². The third-order valence-corrected chi connectivity index (χ3v) is 3.92. The molecule has 2 amide bonds. The van der Waals surface area contributed by atoms with Crippen molar-refractivity contribution < 1.29 is 19.8 Å². The van der Waals surface area contributed by atoms with Crippen molar-refractivity contribution in [3.8, 4) is 0 Å². The maximum atomic E-state index is 11.7. The molecule has 0 aliphatic carbocycles. The van der Waals surface area contributed by atoms with E-state index in [0.717, 1.165) is 9.35 Å². The number of urea groups is 1. The average Bonchev–Trinajstić information content (AvgIpc) is 2.74. The molecule has 1 aromatic rings. The topological polar surface area (TPSA) is 89.9 Å². The molecule has 1 heterocycles. The van der Waals surface area contributed by atoms with Gasteiger partial charge in [0.05, 0.1) is 3.79 Å². The quantitative estimate of drug-likeness (QED) is 0.724. The van der Waals surface area contributed by atoms with Gasteiger partial charge in [-0.15, -0.1) is 11.3 Å². The molecule has 1 unspecified atom stereocenters. The minimum Gasteiger partial charge on any atom is -0.479 e. The molecular formula is C11H15BrN2O4S. The van der Waals surface area contributed by atoms with E-state index in [0.29, 0.717) is 6.54 Å². The lowest BCUT2D eigenvalue weighted by Gasteiger charge is -2.17. The third-order valence-electron chi connectivity index (χ3n) is 2.37. The van der Waals surface area contributed by atoms with Gasteiger partial charge in [-0.2, -0.15) is 0 Å². The van der Waals surface area contributed by atoms with Crippen LogP contribution in [0, 0.1) is 0 Å². The number of thiophene rings is 1. The zero-order chi connectivity index (χ0) is 14.4. The summed E-state index contributed by atoms with van der Waals surface area (Å²) in [5.41, 5.74) is 1.01. The molecule has 0 bridgehead atoms. The average molecular weight is 351 g/mol. The van der Waals surface area contributed by atoms with Crippen molar-refractivity contribution in [2.24, 2.45) is 0 Å². The van der Waals surface area contributed by atoms with Gasteiger partial charge in [0.15, 0.2) is 6.10 Å². The summed E-state index contributed by atoms with van der Waals surface area (Å²) in [5, 5.41) is 22.0. The molecule has 0 saturated carbocycles. The molecule has 19 heavy (non-hydrogen) atoms. The largest absolute Gasteiger partial charge is 0.479 e. The molecule has 0 aliphatic rings. The van der Waals surface area contributed by atoms with Crippen molar-refractivity contribution in [1.29, 1.82) is 0 Å². The summed E-state index contributed by atoms with van der Waals surface area (Å²) in [5.74, 6) is -1.29. The minimum atomic E-state index is -1.45. The van der Waals surface area contributed by atoms with Gasteiger partial charge in [0, 0.05) is 26.6 Å². The van der Waals surface area contributed by atoms with Crippen LogP contribution in [0.1, 0.15) is 12.0 Å². The molecule has 1 atom stereocenters. The number of hydrogen-bond acceptors (Lipinski definition) is 4. The highest BCUT2D eigenvalue weighted by Gasteiger charge is 2.14. The monoisotopic (exact) mass is 350 g/mol. The Hall–Kier alpha value is -1.12. The SMILES string of the molecule is CN(Cc1csc(Br)c1)C(=O)NCCC(O)C(=O)O. The molecule has 1 aromatic heterocycles. The van der Waals surface area contributed by atoms with Crippen LogP contribution in [0.25, 0.3) is 0 Å². The van der Waals surface area contributed by atoms with E-state index < -0.39 is 12.1 Å². The second-order valence-electron chi connectivity index (χ2n) is 3.99. The number of aliphatic hydroxyl groups is 1. The molecular weight excluding hydrogens is 336 g/mol. The normalized spacial score (nSPS) is 11.9. The molecule has 0 fully saturated rings. The van der Waals surface area contributed by atoms with E-state index in [1.54, 1.807) is 18.4 Å². The van der Waals surface area contributed by atoms with Gasteiger partial charge in [0.2, 0.25) is 0 Å². The van der Waals surface area contributed by atoms with Crippen LogP contribution >= 0.6 is 27.3 Å². The molecule has 106 valence electrons. The van der Waals surface area contributed by atoms with Crippen LogP contribution in [0.2, 0.25) is 0 Å². The number of nitrogens with zero attached hydrogens (tertiary/aromatic N) is 1. The number of rotatable bonds is 6. The predicted octanol–water partition coefficient (Wildman–Crippen LogP) is 1.49. The number of amides is 2. The number of aliphatic hydroxyl groups excluding tert-OH is 1. The lowest BCUT2D eigenvalue weighted by molar-refractivity contribution is -0.146. The lowest BCUT2D eigenvalue weighted by Crippen LogP contribution is -2.38. The standard InChI is InChI=1S/C11H15BrN2O4S/c1-14(5-7-4-9(12)19-6-7)11(18)13-3-2-8(15)10(16)17/h4,6,8,15H,2-3,5H2,1H3,(H,13,18)(H,16,17). The van der Waals surface area contributed by atoms with Crippen LogP contribution in [0.4, 0.5) is 4.79 Å². The van der Waals surface area contributed by atoms with E-state index in [2.05, 4.69) is 21.2 Å². The number of carbonyl (C=O) groups is 2. The Bertz CT molecular complexity index is 452. The van der Waals surface area contributed by atoms with Crippen molar-refractivity contribution in [3.63, 3.8) is 0 Å². The second-order valence-corrected chi connectivity index (χ2v) is 6.28. The smallest absolute Gasteiger partial charge is 0.332 e. The number of aliphatic carboxylic acids is 1. The first kappa shape index (κ1) is 15.9. The van der Waals surface area contributed by atoms with Crippen LogP contribution in [0.3, 0.4) is 0 Å². The van der Waals surface area contributed by atoms with Gasteiger partial charge in [-0.1, -0.05) is 0 Å². The maximum Gasteiger partial charge on any atom is 0.332 e. The summed E-state index contributed by atoms with van der Waals surface area (Å²) in [6.07, 6.45) is -1.46. The fraction of sp³-hybridized carbons (Fsp3) is 0.455. The first-order valence-electron chi connectivity index (χ1n) is 5.53. The molecule has 0 aliphatic heterocycles. The van der Waals surface area contributed by atoms with Crippen LogP contribution in [-0.4, -0.2) is 46.8 Å². The van der Waals surface area contributed by atoms with Crippen LogP contribution in [0.15, 0.2) is 15.2 Å².